The molecule has 1 unspecified atom stereocenters. The molecule has 3 heterocycles. The van der Waals surface area contributed by atoms with Gasteiger partial charge in [0.25, 0.3) is 5.56 Å². The van der Waals surface area contributed by atoms with Crippen molar-refractivity contribution in [2.45, 2.75) is 51.1 Å². The minimum atomic E-state index is -0.834. The highest BCUT2D eigenvalue weighted by Gasteiger charge is 2.26. The predicted molar refractivity (Wildman–Crippen MR) is 94.7 cm³/mol. The standard InChI is InChI=1S/C17H21N3O4S/c21-14(20-8-2-1-3-12(20)4-5-15(22)23)6-9-19-11-18-16-13(17(19)24)7-10-25-16/h7,10-12H,1-6,8-9H2,(H,22,23). The predicted octanol–water partition coefficient (Wildman–Crippen LogP) is 2.09. The van der Waals surface area contributed by atoms with Gasteiger partial charge in [0.05, 0.1) is 11.7 Å². The maximum atomic E-state index is 12.6. The van der Waals surface area contributed by atoms with Gasteiger partial charge < -0.3 is 10.0 Å². The lowest BCUT2D eigenvalue weighted by atomic mass is 9.97. The molecule has 3 rings (SSSR count). The minimum absolute atomic E-state index is 0.00782. The summed E-state index contributed by atoms with van der Waals surface area (Å²) in [6, 6.07) is 1.74. The monoisotopic (exact) mass is 363 g/mol. The summed E-state index contributed by atoms with van der Waals surface area (Å²) in [6.45, 7) is 0.957. The number of amides is 1. The van der Waals surface area contributed by atoms with Gasteiger partial charge in [0, 0.05) is 32.0 Å². The van der Waals surface area contributed by atoms with Crippen molar-refractivity contribution in [2.24, 2.45) is 0 Å². The maximum Gasteiger partial charge on any atom is 0.303 e. The van der Waals surface area contributed by atoms with Crippen LogP contribution in [-0.4, -0.2) is 44.0 Å². The number of piperidine rings is 1. The van der Waals surface area contributed by atoms with Crippen molar-refractivity contribution in [3.05, 3.63) is 28.1 Å². The van der Waals surface area contributed by atoms with Gasteiger partial charge in [-0.05, 0) is 37.1 Å². The van der Waals surface area contributed by atoms with Crippen molar-refractivity contribution in [3.63, 3.8) is 0 Å². The smallest absolute Gasteiger partial charge is 0.303 e. The molecule has 1 saturated heterocycles. The van der Waals surface area contributed by atoms with E-state index < -0.39 is 5.97 Å². The number of hydrogen-bond acceptors (Lipinski definition) is 5. The van der Waals surface area contributed by atoms with Gasteiger partial charge in [-0.3, -0.25) is 19.0 Å². The molecular weight excluding hydrogens is 342 g/mol. The van der Waals surface area contributed by atoms with Gasteiger partial charge in [0.2, 0.25) is 5.91 Å². The largest absolute Gasteiger partial charge is 0.481 e. The molecule has 1 amide bonds. The molecule has 0 aromatic carbocycles. The first-order valence-corrected chi connectivity index (χ1v) is 9.38. The van der Waals surface area contributed by atoms with Gasteiger partial charge in [-0.2, -0.15) is 0 Å². The van der Waals surface area contributed by atoms with Gasteiger partial charge in [0.1, 0.15) is 4.83 Å². The lowest BCUT2D eigenvalue weighted by Gasteiger charge is -2.35. The first-order chi connectivity index (χ1) is 12.1. The Balaban J connectivity index is 1.64. The fourth-order valence-electron chi connectivity index (χ4n) is 3.33. The van der Waals surface area contributed by atoms with Crippen LogP contribution < -0.4 is 5.56 Å². The Hall–Kier alpha value is -2.22. The van der Waals surface area contributed by atoms with Crippen molar-refractivity contribution < 1.29 is 14.7 Å². The number of hydrogen-bond donors (Lipinski definition) is 1. The van der Waals surface area contributed by atoms with Gasteiger partial charge in [-0.1, -0.05) is 0 Å². The number of rotatable bonds is 6. The number of carbonyl (C=O) groups excluding carboxylic acids is 1. The van der Waals surface area contributed by atoms with Crippen LogP contribution in [0.1, 0.15) is 38.5 Å². The Morgan fingerprint density at radius 3 is 2.96 bits per heavy atom. The average molecular weight is 363 g/mol. The number of carboxylic acid groups (broad SMARTS) is 1. The first-order valence-electron chi connectivity index (χ1n) is 8.50. The molecule has 1 fully saturated rings. The third kappa shape index (κ3) is 4.07. The molecule has 25 heavy (non-hydrogen) atoms. The second kappa shape index (κ2) is 7.77. The molecule has 0 aliphatic carbocycles. The van der Waals surface area contributed by atoms with Crippen LogP contribution >= 0.6 is 11.3 Å². The Kier molecular flexibility index (Phi) is 5.47. The van der Waals surface area contributed by atoms with E-state index in [0.29, 0.717) is 29.7 Å². The van der Waals surface area contributed by atoms with Gasteiger partial charge in [-0.15, -0.1) is 11.3 Å². The fourth-order valence-corrected chi connectivity index (χ4v) is 4.05. The van der Waals surface area contributed by atoms with Gasteiger partial charge in [0.15, 0.2) is 0 Å². The molecule has 8 heteroatoms. The number of aromatic nitrogens is 2. The summed E-state index contributed by atoms with van der Waals surface area (Å²) in [4.78, 5) is 42.5. The van der Waals surface area contributed by atoms with Crippen LogP contribution in [0.5, 0.6) is 0 Å². The number of carboxylic acids is 1. The van der Waals surface area contributed by atoms with E-state index in [1.807, 2.05) is 5.38 Å². The lowest BCUT2D eigenvalue weighted by Crippen LogP contribution is -2.44. The summed E-state index contributed by atoms with van der Waals surface area (Å²) >= 11 is 1.42. The molecule has 2 aromatic heterocycles. The Labute approximate surface area is 148 Å². The van der Waals surface area contributed by atoms with Crippen molar-refractivity contribution >= 4 is 33.4 Å². The zero-order chi connectivity index (χ0) is 17.8. The number of aryl methyl sites for hydroxylation is 1. The van der Waals surface area contributed by atoms with Gasteiger partial charge >= 0.3 is 5.97 Å². The van der Waals surface area contributed by atoms with E-state index in [0.717, 1.165) is 19.3 Å². The van der Waals surface area contributed by atoms with Crippen LogP contribution in [0.25, 0.3) is 10.2 Å². The zero-order valence-corrected chi connectivity index (χ0v) is 14.7. The van der Waals surface area contributed by atoms with Crippen LogP contribution in [0.3, 0.4) is 0 Å². The zero-order valence-electron chi connectivity index (χ0n) is 13.9. The Morgan fingerprint density at radius 2 is 2.16 bits per heavy atom. The Morgan fingerprint density at radius 1 is 1.32 bits per heavy atom. The van der Waals surface area contributed by atoms with Crippen LogP contribution in [-0.2, 0) is 16.1 Å². The average Bonchev–Trinajstić information content (AvgIpc) is 3.09. The molecule has 1 atom stereocenters. The summed E-state index contributed by atoms with van der Waals surface area (Å²) < 4.78 is 1.48. The summed E-state index contributed by atoms with van der Waals surface area (Å²) in [5.74, 6) is -0.855. The van der Waals surface area contributed by atoms with Crippen LogP contribution in [0.2, 0.25) is 0 Å². The second-order valence-electron chi connectivity index (χ2n) is 6.30. The molecule has 2 aromatic rings. The quantitative estimate of drug-likeness (QED) is 0.848. The first kappa shape index (κ1) is 17.6. The number of fused-ring (bicyclic) bond motifs is 1. The molecule has 1 aliphatic rings. The van der Waals surface area contributed by atoms with E-state index in [-0.39, 0.29) is 30.3 Å². The highest BCUT2D eigenvalue weighted by molar-refractivity contribution is 7.16. The number of thiophene rings is 1. The third-order valence-corrected chi connectivity index (χ3v) is 5.48. The number of carbonyl (C=O) groups is 2. The van der Waals surface area contributed by atoms with E-state index in [9.17, 15) is 14.4 Å². The topological polar surface area (TPSA) is 92.5 Å². The van der Waals surface area contributed by atoms with Crippen LogP contribution in [0.15, 0.2) is 22.6 Å². The summed E-state index contributed by atoms with van der Waals surface area (Å²) in [5.41, 5.74) is -0.125. The fraction of sp³-hybridized carbons (Fsp3) is 0.529. The number of aliphatic carboxylic acids is 1. The number of likely N-dealkylation sites (tertiary alicyclic amines) is 1. The maximum absolute atomic E-state index is 12.6. The normalized spacial score (nSPS) is 17.8. The van der Waals surface area contributed by atoms with E-state index in [4.69, 9.17) is 5.11 Å². The van der Waals surface area contributed by atoms with E-state index in [1.54, 1.807) is 11.0 Å². The van der Waals surface area contributed by atoms with Crippen LogP contribution in [0, 0.1) is 0 Å². The van der Waals surface area contributed by atoms with E-state index in [2.05, 4.69) is 4.98 Å². The van der Waals surface area contributed by atoms with E-state index in [1.165, 1.54) is 22.2 Å². The van der Waals surface area contributed by atoms with Gasteiger partial charge in [-0.25, -0.2) is 4.98 Å². The number of nitrogens with zero attached hydrogens (tertiary/aromatic N) is 3. The molecule has 134 valence electrons. The van der Waals surface area contributed by atoms with Crippen molar-refractivity contribution in [3.8, 4) is 0 Å². The second-order valence-corrected chi connectivity index (χ2v) is 7.20. The molecular formula is C17H21N3O4S. The van der Waals surface area contributed by atoms with E-state index >= 15 is 0 Å². The molecule has 0 bridgehead atoms. The minimum Gasteiger partial charge on any atom is -0.481 e. The molecule has 0 radical (unpaired) electrons. The molecule has 0 spiro atoms. The summed E-state index contributed by atoms with van der Waals surface area (Å²) in [5, 5.41) is 11.3. The van der Waals surface area contributed by atoms with Crippen molar-refractivity contribution in [1.29, 1.82) is 0 Å². The summed E-state index contributed by atoms with van der Waals surface area (Å²) in [6.07, 6.45) is 5.09. The lowest BCUT2D eigenvalue weighted by molar-refractivity contribution is -0.140. The SMILES string of the molecule is O=C(O)CCC1CCCCN1C(=O)CCn1cnc2sccc2c1=O. The highest BCUT2D eigenvalue weighted by atomic mass is 32.1. The molecule has 1 N–H and O–H groups in total. The van der Waals surface area contributed by atoms with Crippen LogP contribution in [0.4, 0.5) is 0 Å². The molecule has 1 aliphatic heterocycles. The van der Waals surface area contributed by atoms with Crippen molar-refractivity contribution in [2.75, 3.05) is 6.54 Å². The molecule has 0 saturated carbocycles. The third-order valence-electron chi connectivity index (χ3n) is 4.66. The summed E-state index contributed by atoms with van der Waals surface area (Å²) in [7, 11) is 0. The molecule has 7 nitrogen and oxygen atoms in total. The van der Waals surface area contributed by atoms with Crippen molar-refractivity contribution in [1.82, 2.24) is 14.5 Å². The highest BCUT2D eigenvalue weighted by Crippen LogP contribution is 2.22. The Bertz CT molecular complexity index is 829.